The summed E-state index contributed by atoms with van der Waals surface area (Å²) in [6, 6.07) is 0. The van der Waals surface area contributed by atoms with Crippen LogP contribution in [0.15, 0.2) is 0 Å². The zero-order valence-corrected chi connectivity index (χ0v) is 6.28. The molecule has 2 unspecified atom stereocenters. The van der Waals surface area contributed by atoms with Gasteiger partial charge in [-0.1, -0.05) is 20.3 Å². The van der Waals surface area contributed by atoms with Crippen molar-refractivity contribution in [1.82, 2.24) is 0 Å². The van der Waals surface area contributed by atoms with Gasteiger partial charge in [-0.3, -0.25) is 0 Å². The first-order chi connectivity index (χ1) is 4.23. The minimum absolute atomic E-state index is 0.531. The first-order valence-electron chi connectivity index (χ1n) is 3.66. The third-order valence-electron chi connectivity index (χ3n) is 2.54. The maximum absolute atomic E-state index is 5.22. The summed E-state index contributed by atoms with van der Waals surface area (Å²) in [5.74, 6) is 3.66. The lowest BCUT2D eigenvalue weighted by Gasteiger charge is -2.02. The van der Waals surface area contributed by atoms with Gasteiger partial charge >= 0.3 is 0 Å². The van der Waals surface area contributed by atoms with E-state index >= 15 is 0 Å². The maximum Gasteiger partial charge on any atom is 0.0143 e. The Balaban J connectivity index is 2.35. The van der Waals surface area contributed by atoms with E-state index in [1.165, 1.54) is 12.8 Å². The van der Waals surface area contributed by atoms with E-state index in [4.69, 9.17) is 6.42 Å². The molecule has 1 aliphatic carbocycles. The summed E-state index contributed by atoms with van der Waals surface area (Å²) in [7, 11) is 0. The quantitative estimate of drug-likeness (QED) is 0.493. The summed E-state index contributed by atoms with van der Waals surface area (Å²) in [6.07, 6.45) is 8.86. The molecule has 0 aromatic carbocycles. The van der Waals surface area contributed by atoms with Crippen molar-refractivity contribution in [3.8, 4) is 12.3 Å². The zero-order chi connectivity index (χ0) is 6.91. The molecule has 0 nitrogen and oxygen atoms in total. The van der Waals surface area contributed by atoms with E-state index < -0.39 is 0 Å². The molecule has 0 saturated heterocycles. The van der Waals surface area contributed by atoms with Crippen LogP contribution in [0.1, 0.15) is 33.1 Å². The van der Waals surface area contributed by atoms with E-state index in [1.54, 1.807) is 0 Å². The van der Waals surface area contributed by atoms with Gasteiger partial charge in [0.2, 0.25) is 0 Å². The van der Waals surface area contributed by atoms with Gasteiger partial charge in [-0.2, -0.15) is 0 Å². The van der Waals surface area contributed by atoms with E-state index in [0.29, 0.717) is 5.41 Å². The van der Waals surface area contributed by atoms with Gasteiger partial charge in [0.05, 0.1) is 0 Å². The normalized spacial score (nSPS) is 39.9. The minimum Gasteiger partial charge on any atom is -0.120 e. The average molecular weight is 122 g/mol. The largest absolute Gasteiger partial charge is 0.120 e. The molecule has 2 atom stereocenters. The average Bonchev–Trinajstić information content (AvgIpc) is 2.43. The molecule has 0 radical (unpaired) electrons. The lowest BCUT2D eigenvalue weighted by Crippen LogP contribution is -1.94. The first-order valence-corrected chi connectivity index (χ1v) is 3.66. The lowest BCUT2D eigenvalue weighted by molar-refractivity contribution is 0.510. The summed E-state index contributed by atoms with van der Waals surface area (Å²) < 4.78 is 0. The molecule has 1 saturated carbocycles. The Morgan fingerprint density at radius 2 is 2.44 bits per heavy atom. The van der Waals surface area contributed by atoms with Gasteiger partial charge in [-0.15, -0.1) is 12.3 Å². The Kier molecular flexibility index (Phi) is 1.53. The Morgan fingerprint density at radius 1 is 1.78 bits per heavy atom. The van der Waals surface area contributed by atoms with Crippen molar-refractivity contribution in [2.45, 2.75) is 33.1 Å². The van der Waals surface area contributed by atoms with E-state index in [-0.39, 0.29) is 0 Å². The highest BCUT2D eigenvalue weighted by atomic mass is 14.5. The Hall–Kier alpha value is -0.440. The van der Waals surface area contributed by atoms with E-state index in [2.05, 4.69) is 19.8 Å². The van der Waals surface area contributed by atoms with Crippen LogP contribution >= 0.6 is 0 Å². The van der Waals surface area contributed by atoms with Gasteiger partial charge in [-0.05, 0) is 17.8 Å². The van der Waals surface area contributed by atoms with Gasteiger partial charge in [-0.25, -0.2) is 0 Å². The van der Waals surface area contributed by atoms with E-state index in [9.17, 15) is 0 Å². The molecular formula is C9H14. The Labute approximate surface area is 57.7 Å². The highest BCUT2D eigenvalue weighted by Crippen LogP contribution is 2.56. The van der Waals surface area contributed by atoms with Gasteiger partial charge in [0, 0.05) is 6.42 Å². The summed E-state index contributed by atoms with van der Waals surface area (Å²) in [5.41, 5.74) is 0.531. The second-order valence-electron chi connectivity index (χ2n) is 3.34. The lowest BCUT2D eigenvalue weighted by atomic mass is 10.0. The van der Waals surface area contributed by atoms with Crippen molar-refractivity contribution in [2.75, 3.05) is 0 Å². The molecule has 0 spiro atoms. The third kappa shape index (κ3) is 1.10. The van der Waals surface area contributed by atoms with E-state index in [1.807, 2.05) is 0 Å². The van der Waals surface area contributed by atoms with Gasteiger partial charge in [0.15, 0.2) is 0 Å². The Morgan fingerprint density at radius 3 is 2.78 bits per heavy atom. The Bertz CT molecular complexity index is 141. The number of terminal acetylenes is 1. The van der Waals surface area contributed by atoms with Crippen LogP contribution in [-0.2, 0) is 0 Å². The van der Waals surface area contributed by atoms with Crippen LogP contribution in [0.3, 0.4) is 0 Å². The summed E-state index contributed by atoms with van der Waals surface area (Å²) >= 11 is 0. The first kappa shape index (κ1) is 6.68. The number of hydrogen-bond donors (Lipinski definition) is 0. The van der Waals surface area contributed by atoms with Crippen LogP contribution in [0.2, 0.25) is 0 Å². The van der Waals surface area contributed by atoms with Crippen molar-refractivity contribution in [3.05, 3.63) is 0 Å². The molecule has 50 valence electrons. The molecule has 9 heavy (non-hydrogen) atoms. The second kappa shape index (κ2) is 2.06. The zero-order valence-electron chi connectivity index (χ0n) is 6.28. The van der Waals surface area contributed by atoms with Crippen molar-refractivity contribution in [1.29, 1.82) is 0 Å². The fourth-order valence-electron chi connectivity index (χ4n) is 1.59. The predicted octanol–water partition coefficient (Wildman–Crippen LogP) is 2.45. The summed E-state index contributed by atoms with van der Waals surface area (Å²) in [4.78, 5) is 0. The molecular weight excluding hydrogens is 108 g/mol. The molecule has 0 aromatic heterocycles. The standard InChI is InChI=1S/C9H14/c1-4-6-9(3)7-8(9)5-2/h1,8H,5-7H2,2-3H3. The molecule has 0 aromatic rings. The van der Waals surface area contributed by atoms with Crippen molar-refractivity contribution >= 4 is 0 Å². The fourth-order valence-corrected chi connectivity index (χ4v) is 1.59. The van der Waals surface area contributed by atoms with Gasteiger partial charge in [0.1, 0.15) is 0 Å². The second-order valence-corrected chi connectivity index (χ2v) is 3.34. The van der Waals surface area contributed by atoms with Crippen LogP contribution in [0.4, 0.5) is 0 Å². The minimum atomic E-state index is 0.531. The van der Waals surface area contributed by atoms with Crippen LogP contribution in [0.25, 0.3) is 0 Å². The van der Waals surface area contributed by atoms with Crippen molar-refractivity contribution in [3.63, 3.8) is 0 Å². The van der Waals surface area contributed by atoms with Crippen molar-refractivity contribution < 1.29 is 0 Å². The maximum atomic E-state index is 5.22. The number of rotatable bonds is 2. The predicted molar refractivity (Wildman–Crippen MR) is 40.0 cm³/mol. The molecule has 0 amide bonds. The van der Waals surface area contributed by atoms with Crippen LogP contribution in [0, 0.1) is 23.7 Å². The van der Waals surface area contributed by atoms with Gasteiger partial charge < -0.3 is 0 Å². The van der Waals surface area contributed by atoms with Crippen molar-refractivity contribution in [2.24, 2.45) is 11.3 Å². The molecule has 1 rings (SSSR count). The highest BCUT2D eigenvalue weighted by molar-refractivity contribution is 5.05. The molecule has 1 fully saturated rings. The monoisotopic (exact) mass is 122 g/mol. The van der Waals surface area contributed by atoms with E-state index in [0.717, 1.165) is 12.3 Å². The summed E-state index contributed by atoms with van der Waals surface area (Å²) in [6.45, 7) is 4.54. The smallest absolute Gasteiger partial charge is 0.0143 e. The van der Waals surface area contributed by atoms with Crippen LogP contribution in [0.5, 0.6) is 0 Å². The molecule has 0 aliphatic heterocycles. The molecule has 0 N–H and O–H groups in total. The molecule has 0 bridgehead atoms. The molecule has 0 heteroatoms. The molecule has 0 heterocycles. The third-order valence-corrected chi connectivity index (χ3v) is 2.54. The fraction of sp³-hybridized carbons (Fsp3) is 0.778. The number of hydrogen-bond acceptors (Lipinski definition) is 0. The van der Waals surface area contributed by atoms with Gasteiger partial charge in [0.25, 0.3) is 0 Å². The molecule has 1 aliphatic rings. The van der Waals surface area contributed by atoms with Crippen LogP contribution < -0.4 is 0 Å². The van der Waals surface area contributed by atoms with Crippen LogP contribution in [-0.4, -0.2) is 0 Å². The topological polar surface area (TPSA) is 0 Å². The SMILES string of the molecule is C#CCC1(C)CC1CC. The highest BCUT2D eigenvalue weighted by Gasteiger charge is 2.47. The summed E-state index contributed by atoms with van der Waals surface area (Å²) in [5, 5.41) is 0.